The van der Waals surface area contributed by atoms with Crippen molar-refractivity contribution in [2.75, 3.05) is 6.54 Å². The molecule has 2 fully saturated rings. The lowest BCUT2D eigenvalue weighted by atomic mass is 9.58. The fraction of sp³-hybridized carbons (Fsp3) is 1.00. The Morgan fingerprint density at radius 3 is 2.08 bits per heavy atom. The predicted molar refractivity (Wildman–Crippen MR) is 47.6 cm³/mol. The first-order chi connectivity index (χ1) is 6.08. The third-order valence-corrected chi connectivity index (χ3v) is 3.85. The van der Waals surface area contributed by atoms with Gasteiger partial charge in [-0.05, 0) is 30.7 Å². The van der Waals surface area contributed by atoms with Crippen molar-refractivity contribution < 1.29 is 8.78 Å². The molecule has 0 heterocycles. The summed E-state index contributed by atoms with van der Waals surface area (Å²) in [6.07, 6.45) is 4.73. The lowest BCUT2D eigenvalue weighted by Crippen LogP contribution is -2.54. The molecule has 0 saturated heterocycles. The van der Waals surface area contributed by atoms with Crippen molar-refractivity contribution in [2.24, 2.45) is 17.1 Å². The van der Waals surface area contributed by atoms with Crippen LogP contribution in [0.4, 0.5) is 8.78 Å². The van der Waals surface area contributed by atoms with Crippen LogP contribution in [0.25, 0.3) is 0 Å². The van der Waals surface area contributed by atoms with Gasteiger partial charge in [-0.2, -0.15) is 0 Å². The van der Waals surface area contributed by atoms with Crippen LogP contribution >= 0.6 is 0 Å². The van der Waals surface area contributed by atoms with Gasteiger partial charge in [0.1, 0.15) is 0 Å². The van der Waals surface area contributed by atoms with E-state index in [0.29, 0.717) is 12.5 Å². The Hall–Kier alpha value is -0.180. The van der Waals surface area contributed by atoms with Crippen molar-refractivity contribution in [3.63, 3.8) is 0 Å². The lowest BCUT2D eigenvalue weighted by molar-refractivity contribution is -0.178. The van der Waals surface area contributed by atoms with E-state index >= 15 is 0 Å². The van der Waals surface area contributed by atoms with Gasteiger partial charge in [0.2, 0.25) is 5.92 Å². The van der Waals surface area contributed by atoms with Crippen LogP contribution in [-0.4, -0.2) is 12.5 Å². The number of nitrogens with two attached hydrogens (primary N) is 1. The smallest absolute Gasteiger partial charge is 0.249 e. The van der Waals surface area contributed by atoms with Gasteiger partial charge >= 0.3 is 0 Å². The van der Waals surface area contributed by atoms with Crippen LogP contribution in [0.3, 0.4) is 0 Å². The summed E-state index contributed by atoms with van der Waals surface area (Å²) in [5, 5.41) is 0. The largest absolute Gasteiger partial charge is 0.330 e. The molecule has 2 aliphatic rings. The molecule has 2 aliphatic carbocycles. The van der Waals surface area contributed by atoms with Crippen molar-refractivity contribution in [1.82, 2.24) is 0 Å². The van der Waals surface area contributed by atoms with Crippen LogP contribution in [-0.2, 0) is 0 Å². The van der Waals surface area contributed by atoms with Crippen LogP contribution in [0.15, 0.2) is 0 Å². The van der Waals surface area contributed by atoms with Crippen LogP contribution in [0.2, 0.25) is 0 Å². The Bertz CT molecular complexity index is 189. The van der Waals surface area contributed by atoms with E-state index in [1.807, 2.05) is 0 Å². The highest BCUT2D eigenvalue weighted by molar-refractivity contribution is 5.04. The molecule has 0 aromatic rings. The summed E-state index contributed by atoms with van der Waals surface area (Å²) in [5.41, 5.74) is 5.44. The normalized spacial score (nSPS) is 31.6. The van der Waals surface area contributed by atoms with Gasteiger partial charge in [0, 0.05) is 12.8 Å². The molecule has 0 radical (unpaired) electrons. The highest BCUT2D eigenvalue weighted by Gasteiger charge is 2.58. The van der Waals surface area contributed by atoms with Crippen LogP contribution in [0, 0.1) is 11.3 Å². The average molecular weight is 189 g/mol. The number of halogens is 2. The maximum absolute atomic E-state index is 12.8. The monoisotopic (exact) mass is 189 g/mol. The lowest BCUT2D eigenvalue weighted by Gasteiger charge is -2.50. The molecular weight excluding hydrogens is 172 g/mol. The first-order valence-electron chi connectivity index (χ1n) is 5.16. The molecule has 1 nitrogen and oxygen atoms in total. The van der Waals surface area contributed by atoms with E-state index in [9.17, 15) is 8.78 Å². The SMILES string of the molecule is NCC1(C2CCCC2)CC(F)(F)C1. The first-order valence-corrected chi connectivity index (χ1v) is 5.16. The van der Waals surface area contributed by atoms with Gasteiger partial charge < -0.3 is 5.73 Å². The quantitative estimate of drug-likeness (QED) is 0.709. The second-order valence-electron chi connectivity index (χ2n) is 4.76. The molecule has 0 unspecified atom stereocenters. The van der Waals surface area contributed by atoms with Crippen molar-refractivity contribution in [3.8, 4) is 0 Å². The van der Waals surface area contributed by atoms with Crippen LogP contribution in [0.1, 0.15) is 38.5 Å². The molecule has 0 amide bonds. The zero-order valence-electron chi connectivity index (χ0n) is 7.86. The Kier molecular flexibility index (Phi) is 2.10. The number of alkyl halides is 2. The fourth-order valence-corrected chi connectivity index (χ4v) is 3.12. The molecule has 2 saturated carbocycles. The van der Waals surface area contributed by atoms with E-state index in [2.05, 4.69) is 0 Å². The molecule has 0 aliphatic heterocycles. The van der Waals surface area contributed by atoms with E-state index in [4.69, 9.17) is 5.73 Å². The van der Waals surface area contributed by atoms with E-state index in [0.717, 1.165) is 12.8 Å². The van der Waals surface area contributed by atoms with E-state index in [-0.39, 0.29) is 18.3 Å². The van der Waals surface area contributed by atoms with E-state index in [1.54, 1.807) is 0 Å². The molecule has 2 N–H and O–H groups in total. The number of rotatable bonds is 2. The molecule has 3 heteroatoms. The second kappa shape index (κ2) is 2.91. The minimum Gasteiger partial charge on any atom is -0.330 e. The zero-order valence-corrected chi connectivity index (χ0v) is 7.86. The summed E-state index contributed by atoms with van der Waals surface area (Å²) < 4.78 is 25.6. The second-order valence-corrected chi connectivity index (χ2v) is 4.76. The summed E-state index contributed by atoms with van der Waals surface area (Å²) in [6, 6.07) is 0. The summed E-state index contributed by atoms with van der Waals surface area (Å²) in [6.45, 7) is 0.452. The van der Waals surface area contributed by atoms with Gasteiger partial charge in [0.15, 0.2) is 0 Å². The van der Waals surface area contributed by atoms with Crippen molar-refractivity contribution in [1.29, 1.82) is 0 Å². The Labute approximate surface area is 77.7 Å². The predicted octanol–water partition coefficient (Wildman–Crippen LogP) is 2.55. The van der Waals surface area contributed by atoms with Crippen LogP contribution < -0.4 is 5.73 Å². The minimum absolute atomic E-state index is 0.0428. The number of hydrogen-bond donors (Lipinski definition) is 1. The highest BCUT2D eigenvalue weighted by Crippen LogP contribution is 2.58. The van der Waals surface area contributed by atoms with Crippen molar-refractivity contribution in [3.05, 3.63) is 0 Å². The Morgan fingerprint density at radius 1 is 1.15 bits per heavy atom. The molecule has 0 spiro atoms. The van der Waals surface area contributed by atoms with Gasteiger partial charge in [0.05, 0.1) is 0 Å². The van der Waals surface area contributed by atoms with Gasteiger partial charge in [-0.15, -0.1) is 0 Å². The third kappa shape index (κ3) is 1.47. The molecule has 0 atom stereocenters. The van der Waals surface area contributed by atoms with Gasteiger partial charge in [0.25, 0.3) is 0 Å². The molecular formula is C10H17F2N. The molecule has 0 aromatic heterocycles. The summed E-state index contributed by atoms with van der Waals surface area (Å²) in [4.78, 5) is 0. The van der Waals surface area contributed by atoms with Gasteiger partial charge in [-0.25, -0.2) is 8.78 Å². The summed E-state index contributed by atoms with van der Waals surface area (Å²) >= 11 is 0. The summed E-state index contributed by atoms with van der Waals surface area (Å²) in [5.74, 6) is -1.93. The molecule has 0 aromatic carbocycles. The zero-order chi connectivity index (χ0) is 9.53. The van der Waals surface area contributed by atoms with E-state index < -0.39 is 5.92 Å². The standard InChI is InChI=1S/C10H17F2N/c11-10(12)5-9(6-10,7-13)8-3-1-2-4-8/h8H,1-7,13H2. The maximum atomic E-state index is 12.8. The van der Waals surface area contributed by atoms with Gasteiger partial charge in [-0.1, -0.05) is 12.8 Å². The van der Waals surface area contributed by atoms with Gasteiger partial charge in [-0.3, -0.25) is 0 Å². The molecule has 0 bridgehead atoms. The third-order valence-electron chi connectivity index (χ3n) is 3.85. The Morgan fingerprint density at radius 2 is 1.69 bits per heavy atom. The molecule has 13 heavy (non-hydrogen) atoms. The molecule has 76 valence electrons. The van der Waals surface area contributed by atoms with Crippen molar-refractivity contribution >= 4 is 0 Å². The fourth-order valence-electron chi connectivity index (χ4n) is 3.12. The van der Waals surface area contributed by atoms with Crippen molar-refractivity contribution in [2.45, 2.75) is 44.4 Å². The molecule has 2 rings (SSSR count). The Balaban J connectivity index is 2.01. The maximum Gasteiger partial charge on any atom is 0.249 e. The summed E-state index contributed by atoms with van der Waals surface area (Å²) in [7, 11) is 0. The average Bonchev–Trinajstić information content (AvgIpc) is 2.51. The van der Waals surface area contributed by atoms with Crippen LogP contribution in [0.5, 0.6) is 0 Å². The van der Waals surface area contributed by atoms with E-state index in [1.165, 1.54) is 12.8 Å². The highest BCUT2D eigenvalue weighted by atomic mass is 19.3. The first kappa shape index (κ1) is 9.38. The minimum atomic E-state index is -2.41. The number of hydrogen-bond acceptors (Lipinski definition) is 1. The topological polar surface area (TPSA) is 26.0 Å².